The molecule has 0 radical (unpaired) electrons. The van der Waals surface area contributed by atoms with Crippen molar-refractivity contribution in [2.45, 2.75) is 56.3 Å². The zero-order valence-electron chi connectivity index (χ0n) is 12.7. The highest BCUT2D eigenvalue weighted by atomic mass is 32.2. The van der Waals surface area contributed by atoms with Crippen LogP contribution in [-0.2, 0) is 5.41 Å². The lowest BCUT2D eigenvalue weighted by atomic mass is 9.87. The third-order valence-corrected chi connectivity index (χ3v) is 5.18. The number of thiol groups is 3. The predicted molar refractivity (Wildman–Crippen MR) is 103 cm³/mol. The summed E-state index contributed by atoms with van der Waals surface area (Å²) in [6, 6.07) is 4.20. The van der Waals surface area contributed by atoms with Crippen LogP contribution in [0.15, 0.2) is 42.3 Å². The fourth-order valence-electron chi connectivity index (χ4n) is 2.04. The van der Waals surface area contributed by atoms with E-state index in [1.165, 1.54) is 22.2 Å². The number of nitrogens with zero attached hydrogens (tertiary/aromatic N) is 3. The predicted octanol–water partition coefficient (Wildman–Crippen LogP) is 4.91. The van der Waals surface area contributed by atoms with Crippen molar-refractivity contribution in [3.05, 3.63) is 17.7 Å². The van der Waals surface area contributed by atoms with Crippen LogP contribution >= 0.6 is 61.4 Å². The molecule has 0 fully saturated rings. The van der Waals surface area contributed by atoms with Crippen LogP contribution in [0.25, 0.3) is 0 Å². The highest BCUT2D eigenvalue weighted by molar-refractivity contribution is 7.99. The van der Waals surface area contributed by atoms with E-state index in [2.05, 4.69) is 85.9 Å². The van der Waals surface area contributed by atoms with Crippen LogP contribution in [0.5, 0.6) is 0 Å². The van der Waals surface area contributed by atoms with Crippen molar-refractivity contribution >= 4 is 61.4 Å². The quantitative estimate of drug-likeness (QED) is 0.516. The molecular weight excluding hydrogens is 371 g/mol. The summed E-state index contributed by atoms with van der Waals surface area (Å²) in [5.74, 6) is 0. The standard InChI is InChI=1S/C14H17N3S5/c1-14(2,3)10-8(18)5-7(6-9(10)21-4)22-13-16-11(19)15-12(20)17-13/h5-6,18H,1-4H3,(H2,15,16,17,19,20). The number of hydrogen-bond acceptors (Lipinski definition) is 8. The number of benzene rings is 1. The van der Waals surface area contributed by atoms with E-state index in [1.54, 1.807) is 11.8 Å². The summed E-state index contributed by atoms with van der Waals surface area (Å²) in [4.78, 5) is 15.6. The van der Waals surface area contributed by atoms with Crippen LogP contribution in [0.4, 0.5) is 0 Å². The van der Waals surface area contributed by atoms with Gasteiger partial charge >= 0.3 is 0 Å². The summed E-state index contributed by atoms with van der Waals surface area (Å²) in [5, 5.41) is 1.31. The molecule has 0 bridgehead atoms. The SMILES string of the molecule is CSc1cc(Sc2nc(S)nc(S)n2)cc(S)c1C(C)(C)C. The zero-order chi connectivity index (χ0) is 16.5. The van der Waals surface area contributed by atoms with E-state index < -0.39 is 0 Å². The van der Waals surface area contributed by atoms with Crippen molar-refractivity contribution in [1.82, 2.24) is 15.0 Å². The summed E-state index contributed by atoms with van der Waals surface area (Å²) in [5.41, 5.74) is 1.30. The van der Waals surface area contributed by atoms with Gasteiger partial charge in [0, 0.05) is 14.7 Å². The first-order valence-electron chi connectivity index (χ1n) is 6.44. The number of rotatable bonds is 3. The molecule has 1 aromatic heterocycles. The molecule has 8 heteroatoms. The Kier molecular flexibility index (Phi) is 6.04. The summed E-state index contributed by atoms with van der Waals surface area (Å²) in [6.07, 6.45) is 2.08. The van der Waals surface area contributed by atoms with E-state index >= 15 is 0 Å². The molecule has 2 rings (SSSR count). The van der Waals surface area contributed by atoms with Crippen molar-refractivity contribution in [2.24, 2.45) is 0 Å². The van der Waals surface area contributed by atoms with Crippen molar-refractivity contribution in [3.63, 3.8) is 0 Å². The van der Waals surface area contributed by atoms with E-state index in [0.29, 0.717) is 15.5 Å². The lowest BCUT2D eigenvalue weighted by Crippen LogP contribution is -2.13. The van der Waals surface area contributed by atoms with Crippen LogP contribution in [0.3, 0.4) is 0 Å². The van der Waals surface area contributed by atoms with E-state index in [-0.39, 0.29) is 5.41 Å². The maximum atomic E-state index is 4.68. The molecule has 3 nitrogen and oxygen atoms in total. The summed E-state index contributed by atoms with van der Waals surface area (Å²) in [6.45, 7) is 6.59. The normalized spacial score (nSPS) is 11.8. The number of thioether (sulfide) groups is 1. The molecule has 0 saturated carbocycles. The minimum absolute atomic E-state index is 0.0440. The summed E-state index contributed by atoms with van der Waals surface area (Å²) < 4.78 is 0. The molecule has 0 amide bonds. The molecule has 118 valence electrons. The van der Waals surface area contributed by atoms with Crippen molar-refractivity contribution in [1.29, 1.82) is 0 Å². The molecule has 0 N–H and O–H groups in total. The Hall–Kier alpha value is -0.0200. The van der Waals surface area contributed by atoms with Gasteiger partial charge in [0.2, 0.25) is 0 Å². The van der Waals surface area contributed by atoms with Gasteiger partial charge in [0.05, 0.1) is 0 Å². The van der Waals surface area contributed by atoms with E-state index in [0.717, 1.165) is 9.79 Å². The Morgan fingerprint density at radius 3 is 2.05 bits per heavy atom. The van der Waals surface area contributed by atoms with Gasteiger partial charge in [-0.05, 0) is 41.1 Å². The maximum Gasteiger partial charge on any atom is 0.197 e. The minimum atomic E-state index is 0.0440. The van der Waals surface area contributed by atoms with Crippen LogP contribution in [-0.4, -0.2) is 21.2 Å². The fraction of sp³-hybridized carbons (Fsp3) is 0.357. The summed E-state index contributed by atoms with van der Waals surface area (Å²) >= 11 is 16.2. The smallest absolute Gasteiger partial charge is 0.197 e. The first-order valence-corrected chi connectivity index (χ1v) is 9.82. The second-order valence-electron chi connectivity index (χ2n) is 5.59. The van der Waals surface area contributed by atoms with Gasteiger partial charge in [0.1, 0.15) is 0 Å². The molecule has 0 aliphatic rings. The van der Waals surface area contributed by atoms with Crippen molar-refractivity contribution in [3.8, 4) is 0 Å². The average Bonchev–Trinajstić information content (AvgIpc) is 2.34. The van der Waals surface area contributed by atoms with Crippen LogP contribution in [0.1, 0.15) is 26.3 Å². The second-order valence-corrected chi connectivity index (χ2v) is 8.76. The highest BCUT2D eigenvalue weighted by Crippen LogP contribution is 2.40. The van der Waals surface area contributed by atoms with Gasteiger partial charge in [-0.25, -0.2) is 0 Å². The summed E-state index contributed by atoms with van der Waals surface area (Å²) in [7, 11) is 0. The molecule has 0 aliphatic carbocycles. The Morgan fingerprint density at radius 1 is 0.955 bits per heavy atom. The van der Waals surface area contributed by atoms with E-state index in [1.807, 2.05) is 6.07 Å². The monoisotopic (exact) mass is 387 g/mol. The number of aromatic nitrogens is 3. The Morgan fingerprint density at radius 2 is 1.55 bits per heavy atom. The third-order valence-electron chi connectivity index (χ3n) is 2.83. The van der Waals surface area contributed by atoms with E-state index in [4.69, 9.17) is 0 Å². The molecule has 0 spiro atoms. The van der Waals surface area contributed by atoms with E-state index in [9.17, 15) is 0 Å². The Labute approximate surface area is 156 Å². The topological polar surface area (TPSA) is 38.7 Å². The average molecular weight is 388 g/mol. The number of hydrogen-bond donors (Lipinski definition) is 3. The van der Waals surface area contributed by atoms with Gasteiger partial charge in [0.15, 0.2) is 15.5 Å². The van der Waals surface area contributed by atoms with Crippen LogP contribution < -0.4 is 0 Å². The first kappa shape index (κ1) is 18.3. The fourth-order valence-corrected chi connectivity index (χ4v) is 5.16. The second kappa shape index (κ2) is 7.25. The van der Waals surface area contributed by atoms with Gasteiger partial charge in [0.25, 0.3) is 0 Å². The molecule has 1 heterocycles. The van der Waals surface area contributed by atoms with Crippen molar-refractivity contribution in [2.75, 3.05) is 6.26 Å². The van der Waals surface area contributed by atoms with Crippen molar-refractivity contribution < 1.29 is 0 Å². The maximum absolute atomic E-state index is 4.68. The molecule has 2 aromatic rings. The minimum Gasteiger partial charge on any atom is -0.197 e. The molecule has 0 aliphatic heterocycles. The van der Waals surface area contributed by atoms with Gasteiger partial charge in [-0.2, -0.15) is 15.0 Å². The molecule has 0 saturated heterocycles. The van der Waals surface area contributed by atoms with Gasteiger partial charge in [-0.1, -0.05) is 20.8 Å². The largest absolute Gasteiger partial charge is 0.197 e. The molecule has 0 unspecified atom stereocenters. The van der Waals surface area contributed by atoms with Gasteiger partial charge < -0.3 is 0 Å². The third kappa shape index (κ3) is 4.50. The molecule has 22 heavy (non-hydrogen) atoms. The lowest BCUT2D eigenvalue weighted by Gasteiger charge is -2.24. The van der Waals surface area contributed by atoms with Gasteiger partial charge in [-0.3, -0.25) is 0 Å². The van der Waals surface area contributed by atoms with Crippen LogP contribution in [0.2, 0.25) is 0 Å². The highest BCUT2D eigenvalue weighted by Gasteiger charge is 2.22. The Balaban J connectivity index is 2.43. The molecule has 0 atom stereocenters. The first-order chi connectivity index (χ1) is 10.2. The zero-order valence-corrected chi connectivity index (χ0v) is 17.0. The van der Waals surface area contributed by atoms with Crippen LogP contribution in [0, 0.1) is 0 Å². The lowest BCUT2D eigenvalue weighted by molar-refractivity contribution is 0.564. The molecule has 1 aromatic carbocycles. The Bertz CT molecular complexity index is 677. The molecular formula is C14H17N3S5. The van der Waals surface area contributed by atoms with Gasteiger partial charge in [-0.15, -0.1) is 49.6 Å².